The Balaban J connectivity index is 2.08. The summed E-state index contributed by atoms with van der Waals surface area (Å²) < 4.78 is 25.0. The highest BCUT2D eigenvalue weighted by Crippen LogP contribution is 2.26. The number of carbonyl (C=O) groups excluding carboxylic acids is 1. The van der Waals surface area contributed by atoms with E-state index in [9.17, 15) is 18.8 Å². The molecule has 5 nitrogen and oxygen atoms in total. The average Bonchev–Trinajstić information content (AvgIpc) is 2.52. The van der Waals surface area contributed by atoms with Crippen LogP contribution in [0, 0.1) is 17.2 Å². The minimum absolute atomic E-state index is 0.371. The van der Waals surface area contributed by atoms with Crippen LogP contribution in [0.2, 0.25) is 0 Å². The summed E-state index contributed by atoms with van der Waals surface area (Å²) in [4.78, 5) is 18.0. The molecule has 8 heteroatoms. The highest BCUT2D eigenvalue weighted by atomic mass is 79.9. The van der Waals surface area contributed by atoms with Gasteiger partial charge in [-0.25, -0.2) is 13.8 Å². The Morgan fingerprint density at radius 1 is 1.64 bits per heavy atom. The molecule has 1 atom stereocenters. The van der Waals surface area contributed by atoms with Gasteiger partial charge in [-0.3, -0.25) is 4.79 Å². The summed E-state index contributed by atoms with van der Waals surface area (Å²) in [5.74, 6) is -0.220. The fourth-order valence-electron chi connectivity index (χ4n) is 2.47. The monoisotopic (exact) mass is 372 g/mol. The number of amides is 1. The molecular formula is C14H15BrF2N4O. The molecule has 1 N–H and O–H groups in total. The maximum absolute atomic E-state index is 12.2. The number of pyridine rings is 1. The molecule has 1 aromatic heterocycles. The Morgan fingerprint density at radius 2 is 2.41 bits per heavy atom. The lowest BCUT2D eigenvalue weighted by atomic mass is 9.97. The van der Waals surface area contributed by atoms with Crippen molar-refractivity contribution in [1.82, 2.24) is 10.3 Å². The average molecular weight is 373 g/mol. The van der Waals surface area contributed by atoms with Crippen molar-refractivity contribution in [2.45, 2.75) is 19.3 Å². The summed E-state index contributed by atoms with van der Waals surface area (Å²) >= 11 is 3.26. The smallest absolute Gasteiger partial charge is 0.255 e. The molecule has 0 aliphatic carbocycles. The molecule has 118 valence electrons. The van der Waals surface area contributed by atoms with E-state index in [2.05, 4.69) is 32.3 Å². The van der Waals surface area contributed by atoms with Gasteiger partial charge in [0.15, 0.2) is 0 Å². The number of anilines is 1. The molecule has 2 heterocycles. The van der Waals surface area contributed by atoms with Crippen LogP contribution in [0.25, 0.3) is 0 Å². The predicted molar refractivity (Wildman–Crippen MR) is 80.6 cm³/mol. The summed E-state index contributed by atoms with van der Waals surface area (Å²) in [6, 6.07) is 3.75. The highest BCUT2D eigenvalue weighted by molar-refractivity contribution is 9.10. The van der Waals surface area contributed by atoms with Gasteiger partial charge in [-0.2, -0.15) is 5.26 Å². The fraction of sp³-hybridized carbons (Fsp3) is 0.500. The summed E-state index contributed by atoms with van der Waals surface area (Å²) in [7, 11) is 0. The first-order valence-electron chi connectivity index (χ1n) is 6.87. The summed E-state index contributed by atoms with van der Waals surface area (Å²) in [5.41, 5.74) is 0.419. The van der Waals surface area contributed by atoms with Crippen LogP contribution in [0.4, 0.5) is 14.6 Å². The zero-order valence-electron chi connectivity index (χ0n) is 11.7. The number of halogens is 3. The number of alkyl halides is 2. The molecule has 1 amide bonds. The first kappa shape index (κ1) is 16.6. The SMILES string of the molecule is N#Cc1cc(Br)cnc1N1CCCC(C(=O)NCC(F)F)C1. The maximum atomic E-state index is 12.2. The molecule has 22 heavy (non-hydrogen) atoms. The van der Waals surface area contributed by atoms with Gasteiger partial charge < -0.3 is 10.2 Å². The maximum Gasteiger partial charge on any atom is 0.255 e. The van der Waals surface area contributed by atoms with Gasteiger partial charge in [-0.15, -0.1) is 0 Å². The van der Waals surface area contributed by atoms with Crippen molar-refractivity contribution in [2.75, 3.05) is 24.5 Å². The molecule has 1 unspecified atom stereocenters. The lowest BCUT2D eigenvalue weighted by Gasteiger charge is -2.33. The second-order valence-electron chi connectivity index (χ2n) is 5.06. The van der Waals surface area contributed by atoms with Gasteiger partial charge in [0.05, 0.1) is 18.0 Å². The van der Waals surface area contributed by atoms with Gasteiger partial charge in [0.1, 0.15) is 11.9 Å². The quantitative estimate of drug-likeness (QED) is 0.880. The van der Waals surface area contributed by atoms with Crippen LogP contribution >= 0.6 is 15.9 Å². The predicted octanol–water partition coefficient (Wildman–Crippen LogP) is 2.31. The first-order chi connectivity index (χ1) is 10.5. The topological polar surface area (TPSA) is 69.0 Å². The van der Waals surface area contributed by atoms with Crippen molar-refractivity contribution in [2.24, 2.45) is 5.92 Å². The third kappa shape index (κ3) is 4.13. The van der Waals surface area contributed by atoms with E-state index in [1.807, 2.05) is 4.90 Å². The van der Waals surface area contributed by atoms with E-state index in [1.54, 1.807) is 12.3 Å². The van der Waals surface area contributed by atoms with Gasteiger partial charge in [-0.1, -0.05) is 0 Å². The third-order valence-corrected chi connectivity index (χ3v) is 3.91. The van der Waals surface area contributed by atoms with Gasteiger partial charge in [0.25, 0.3) is 6.43 Å². The zero-order chi connectivity index (χ0) is 16.1. The molecule has 1 aliphatic heterocycles. The lowest BCUT2D eigenvalue weighted by molar-refractivity contribution is -0.125. The number of nitrogens with zero attached hydrogens (tertiary/aromatic N) is 3. The molecule has 0 aromatic carbocycles. The van der Waals surface area contributed by atoms with Crippen molar-refractivity contribution in [3.8, 4) is 6.07 Å². The van der Waals surface area contributed by atoms with Crippen LogP contribution < -0.4 is 10.2 Å². The molecule has 1 fully saturated rings. The third-order valence-electron chi connectivity index (χ3n) is 3.48. The van der Waals surface area contributed by atoms with E-state index in [4.69, 9.17) is 0 Å². The van der Waals surface area contributed by atoms with Crippen LogP contribution in [-0.4, -0.2) is 37.0 Å². The van der Waals surface area contributed by atoms with Crippen LogP contribution in [-0.2, 0) is 4.79 Å². The van der Waals surface area contributed by atoms with E-state index in [1.165, 1.54) is 0 Å². The number of aromatic nitrogens is 1. The Kier molecular flexibility index (Phi) is 5.66. The number of carbonyl (C=O) groups is 1. The lowest BCUT2D eigenvalue weighted by Crippen LogP contribution is -2.44. The van der Waals surface area contributed by atoms with E-state index >= 15 is 0 Å². The van der Waals surface area contributed by atoms with Crippen molar-refractivity contribution < 1.29 is 13.6 Å². The minimum atomic E-state index is -2.55. The molecule has 0 radical (unpaired) electrons. The highest BCUT2D eigenvalue weighted by Gasteiger charge is 2.28. The number of piperidine rings is 1. The van der Waals surface area contributed by atoms with Crippen LogP contribution in [0.15, 0.2) is 16.7 Å². The van der Waals surface area contributed by atoms with Crippen LogP contribution in [0.1, 0.15) is 18.4 Å². The standard InChI is InChI=1S/C14H15BrF2N4O/c15-11-4-10(5-18)13(19-6-11)21-3-1-2-9(8-21)14(22)20-7-12(16)17/h4,6,9,12H,1-3,7-8H2,(H,20,22). The van der Waals surface area contributed by atoms with E-state index < -0.39 is 13.0 Å². The van der Waals surface area contributed by atoms with E-state index in [-0.39, 0.29) is 11.8 Å². The largest absolute Gasteiger partial charge is 0.355 e. The Morgan fingerprint density at radius 3 is 3.09 bits per heavy atom. The number of hydrogen-bond acceptors (Lipinski definition) is 4. The molecule has 0 saturated carbocycles. The van der Waals surface area contributed by atoms with E-state index in [0.717, 1.165) is 6.42 Å². The molecule has 1 aromatic rings. The fourth-order valence-corrected chi connectivity index (χ4v) is 2.80. The van der Waals surface area contributed by atoms with Gasteiger partial charge in [-0.05, 0) is 34.8 Å². The minimum Gasteiger partial charge on any atom is -0.355 e. The molecule has 1 saturated heterocycles. The Labute approximate surface area is 135 Å². The van der Waals surface area contributed by atoms with Crippen LogP contribution in [0.3, 0.4) is 0 Å². The van der Waals surface area contributed by atoms with Crippen molar-refractivity contribution in [1.29, 1.82) is 5.26 Å². The zero-order valence-corrected chi connectivity index (χ0v) is 13.3. The molecule has 1 aliphatic rings. The van der Waals surface area contributed by atoms with Crippen molar-refractivity contribution >= 4 is 27.7 Å². The molecule has 0 spiro atoms. The molecular weight excluding hydrogens is 358 g/mol. The second kappa shape index (κ2) is 7.49. The molecule has 2 rings (SSSR count). The number of nitrogens with one attached hydrogen (secondary N) is 1. The Bertz CT molecular complexity index is 591. The summed E-state index contributed by atoms with van der Waals surface area (Å²) in [5, 5.41) is 11.4. The number of hydrogen-bond donors (Lipinski definition) is 1. The van der Waals surface area contributed by atoms with Crippen molar-refractivity contribution in [3.05, 3.63) is 22.3 Å². The summed E-state index contributed by atoms with van der Waals surface area (Å²) in [6.07, 6.45) is 0.428. The number of rotatable bonds is 4. The normalized spacial score (nSPS) is 18.1. The van der Waals surface area contributed by atoms with Gasteiger partial charge >= 0.3 is 0 Å². The van der Waals surface area contributed by atoms with Crippen molar-refractivity contribution in [3.63, 3.8) is 0 Å². The molecule has 0 bridgehead atoms. The summed E-state index contributed by atoms with van der Waals surface area (Å²) in [6.45, 7) is 0.426. The second-order valence-corrected chi connectivity index (χ2v) is 5.97. The number of nitriles is 1. The van der Waals surface area contributed by atoms with Crippen LogP contribution in [0.5, 0.6) is 0 Å². The van der Waals surface area contributed by atoms with Gasteiger partial charge in [0, 0.05) is 23.8 Å². The van der Waals surface area contributed by atoms with Gasteiger partial charge in [0.2, 0.25) is 5.91 Å². The Hall–Kier alpha value is -1.75. The first-order valence-corrected chi connectivity index (χ1v) is 7.67. The van der Waals surface area contributed by atoms with E-state index in [0.29, 0.717) is 35.4 Å².